The molecule has 0 spiro atoms. The van der Waals surface area contributed by atoms with E-state index in [0.29, 0.717) is 21.5 Å². The first-order valence-electron chi connectivity index (χ1n) is 6.72. The Morgan fingerprint density at radius 2 is 1.91 bits per heavy atom. The number of nitrogens with zero attached hydrogens (tertiary/aromatic N) is 2. The summed E-state index contributed by atoms with van der Waals surface area (Å²) in [4.78, 5) is 30.5. The molecular formula is C16H11ClN4O2. The van der Waals surface area contributed by atoms with Crippen LogP contribution in [0.5, 0.6) is 0 Å². The van der Waals surface area contributed by atoms with Gasteiger partial charge in [-0.2, -0.15) is 5.10 Å². The van der Waals surface area contributed by atoms with Gasteiger partial charge in [-0.1, -0.05) is 41.9 Å². The standard InChI is InChI=1S/C16H11ClN4O2/c17-12-7-3-1-5-10(12)9-18-21-16(23)14-19-13-8-4-2-6-11(13)15(22)20-14/h1-9H,(H,21,23)(H,19,20,22). The first kappa shape index (κ1) is 14.9. The molecule has 2 N–H and O–H groups in total. The van der Waals surface area contributed by atoms with Gasteiger partial charge in [0.1, 0.15) is 0 Å². The molecule has 0 fully saturated rings. The van der Waals surface area contributed by atoms with Crippen molar-refractivity contribution in [2.24, 2.45) is 5.10 Å². The van der Waals surface area contributed by atoms with Crippen molar-refractivity contribution >= 4 is 34.6 Å². The van der Waals surface area contributed by atoms with Crippen molar-refractivity contribution in [2.45, 2.75) is 0 Å². The minimum atomic E-state index is -0.615. The molecule has 0 aliphatic rings. The molecule has 0 aliphatic carbocycles. The summed E-state index contributed by atoms with van der Waals surface area (Å²) in [5.41, 5.74) is 3.03. The van der Waals surface area contributed by atoms with Crippen LogP contribution in [0.3, 0.4) is 0 Å². The van der Waals surface area contributed by atoms with Crippen LogP contribution in [0.4, 0.5) is 0 Å². The molecule has 0 aliphatic heterocycles. The van der Waals surface area contributed by atoms with Gasteiger partial charge in [0.2, 0.25) is 5.82 Å². The normalized spacial score (nSPS) is 11.0. The molecular weight excluding hydrogens is 316 g/mol. The highest BCUT2D eigenvalue weighted by molar-refractivity contribution is 6.33. The Bertz CT molecular complexity index is 965. The molecule has 0 saturated carbocycles. The van der Waals surface area contributed by atoms with Crippen LogP contribution in [0, 0.1) is 0 Å². The number of nitrogens with one attached hydrogen (secondary N) is 2. The van der Waals surface area contributed by atoms with Gasteiger partial charge in [0, 0.05) is 10.6 Å². The third kappa shape index (κ3) is 3.27. The predicted molar refractivity (Wildman–Crippen MR) is 88.9 cm³/mol. The van der Waals surface area contributed by atoms with Gasteiger partial charge in [0.25, 0.3) is 5.56 Å². The largest absolute Gasteiger partial charge is 0.307 e. The lowest BCUT2D eigenvalue weighted by Gasteiger charge is -2.01. The number of hydrogen-bond acceptors (Lipinski definition) is 4. The Morgan fingerprint density at radius 1 is 1.17 bits per heavy atom. The van der Waals surface area contributed by atoms with Crippen molar-refractivity contribution in [3.63, 3.8) is 0 Å². The Balaban J connectivity index is 1.81. The zero-order valence-corrected chi connectivity index (χ0v) is 12.5. The maximum atomic E-state index is 12.0. The minimum absolute atomic E-state index is 0.106. The van der Waals surface area contributed by atoms with Gasteiger partial charge < -0.3 is 4.98 Å². The number of hydrogen-bond donors (Lipinski definition) is 2. The highest BCUT2D eigenvalue weighted by atomic mass is 35.5. The fraction of sp³-hybridized carbons (Fsp3) is 0. The lowest BCUT2D eigenvalue weighted by molar-refractivity contribution is 0.0945. The van der Waals surface area contributed by atoms with Crippen molar-refractivity contribution in [3.05, 3.63) is 75.3 Å². The third-order valence-corrected chi connectivity index (χ3v) is 3.45. The van der Waals surface area contributed by atoms with E-state index in [4.69, 9.17) is 11.6 Å². The Morgan fingerprint density at radius 3 is 2.74 bits per heavy atom. The summed E-state index contributed by atoms with van der Waals surface area (Å²) in [6.45, 7) is 0. The molecule has 0 unspecified atom stereocenters. The number of hydrazone groups is 1. The van der Waals surface area contributed by atoms with Crippen molar-refractivity contribution in [3.8, 4) is 0 Å². The van der Waals surface area contributed by atoms with Gasteiger partial charge in [0.15, 0.2) is 0 Å². The van der Waals surface area contributed by atoms with Crippen LogP contribution < -0.4 is 11.0 Å². The third-order valence-electron chi connectivity index (χ3n) is 3.10. The van der Waals surface area contributed by atoms with Gasteiger partial charge in [-0.3, -0.25) is 9.59 Å². The van der Waals surface area contributed by atoms with Gasteiger partial charge in [-0.05, 0) is 18.2 Å². The van der Waals surface area contributed by atoms with Crippen LogP contribution in [0.25, 0.3) is 10.9 Å². The quantitative estimate of drug-likeness (QED) is 0.572. The van der Waals surface area contributed by atoms with E-state index in [2.05, 4.69) is 20.5 Å². The first-order valence-corrected chi connectivity index (χ1v) is 7.10. The van der Waals surface area contributed by atoms with Crippen molar-refractivity contribution in [1.29, 1.82) is 0 Å². The van der Waals surface area contributed by atoms with E-state index in [0.717, 1.165) is 0 Å². The number of amides is 1. The summed E-state index contributed by atoms with van der Waals surface area (Å²) in [5, 5.41) is 4.75. The van der Waals surface area contributed by atoms with E-state index < -0.39 is 5.91 Å². The molecule has 0 atom stereocenters. The summed E-state index contributed by atoms with van der Waals surface area (Å²) in [5.74, 6) is -0.721. The first-order chi connectivity index (χ1) is 11.1. The van der Waals surface area contributed by atoms with Crippen LogP contribution in [-0.4, -0.2) is 22.1 Å². The topological polar surface area (TPSA) is 87.2 Å². The van der Waals surface area contributed by atoms with E-state index in [1.165, 1.54) is 6.21 Å². The number of fused-ring (bicyclic) bond motifs is 1. The molecule has 114 valence electrons. The molecule has 0 saturated heterocycles. The van der Waals surface area contributed by atoms with Crippen LogP contribution in [0.15, 0.2) is 58.4 Å². The number of halogens is 1. The van der Waals surface area contributed by atoms with Crippen LogP contribution in [0.2, 0.25) is 5.02 Å². The number of H-pyrrole nitrogens is 1. The average Bonchev–Trinajstić information content (AvgIpc) is 2.56. The molecule has 3 aromatic rings. The number of benzene rings is 2. The zero-order valence-electron chi connectivity index (χ0n) is 11.8. The predicted octanol–water partition coefficient (Wildman–Crippen LogP) is 2.34. The molecule has 6 nitrogen and oxygen atoms in total. The number of para-hydroxylation sites is 1. The molecule has 1 aromatic heterocycles. The number of rotatable bonds is 3. The Labute approximate surface area is 135 Å². The number of aromatic amines is 1. The highest BCUT2D eigenvalue weighted by Gasteiger charge is 2.10. The van der Waals surface area contributed by atoms with E-state index in [-0.39, 0.29) is 11.4 Å². The smallest absolute Gasteiger partial charge is 0.302 e. The molecule has 1 heterocycles. The van der Waals surface area contributed by atoms with Gasteiger partial charge in [0.05, 0.1) is 17.1 Å². The fourth-order valence-corrected chi connectivity index (χ4v) is 2.17. The van der Waals surface area contributed by atoms with E-state index in [1.54, 1.807) is 48.5 Å². The van der Waals surface area contributed by atoms with Crippen LogP contribution in [-0.2, 0) is 0 Å². The molecule has 3 rings (SSSR count). The fourth-order valence-electron chi connectivity index (χ4n) is 1.99. The average molecular weight is 327 g/mol. The van der Waals surface area contributed by atoms with E-state index in [1.807, 2.05) is 0 Å². The summed E-state index contributed by atoms with van der Waals surface area (Å²) < 4.78 is 0. The molecule has 7 heteroatoms. The second-order valence-electron chi connectivity index (χ2n) is 4.65. The van der Waals surface area contributed by atoms with Crippen molar-refractivity contribution < 1.29 is 4.79 Å². The Hall–Kier alpha value is -2.99. The molecule has 2 aromatic carbocycles. The highest BCUT2D eigenvalue weighted by Crippen LogP contribution is 2.12. The zero-order chi connectivity index (χ0) is 16.2. The monoisotopic (exact) mass is 326 g/mol. The van der Waals surface area contributed by atoms with Crippen LogP contribution >= 0.6 is 11.6 Å². The minimum Gasteiger partial charge on any atom is -0.302 e. The van der Waals surface area contributed by atoms with Gasteiger partial charge in [-0.25, -0.2) is 10.4 Å². The number of carbonyl (C=O) groups is 1. The SMILES string of the molecule is O=C(NN=Cc1ccccc1Cl)c1nc2ccccc2c(=O)[nH]1. The maximum Gasteiger partial charge on any atom is 0.307 e. The second-order valence-corrected chi connectivity index (χ2v) is 5.06. The lowest BCUT2D eigenvalue weighted by Crippen LogP contribution is -2.24. The summed E-state index contributed by atoms with van der Waals surface area (Å²) in [7, 11) is 0. The molecule has 0 bridgehead atoms. The number of aromatic nitrogens is 2. The van der Waals surface area contributed by atoms with Gasteiger partial charge >= 0.3 is 5.91 Å². The van der Waals surface area contributed by atoms with E-state index >= 15 is 0 Å². The molecule has 1 amide bonds. The molecule has 0 radical (unpaired) electrons. The van der Waals surface area contributed by atoms with Crippen molar-refractivity contribution in [1.82, 2.24) is 15.4 Å². The van der Waals surface area contributed by atoms with Crippen LogP contribution in [0.1, 0.15) is 16.2 Å². The summed E-state index contributed by atoms with van der Waals surface area (Å²) in [6.07, 6.45) is 1.42. The van der Waals surface area contributed by atoms with Gasteiger partial charge in [-0.15, -0.1) is 0 Å². The number of carbonyl (C=O) groups excluding carboxylic acids is 1. The van der Waals surface area contributed by atoms with E-state index in [9.17, 15) is 9.59 Å². The Kier molecular flexibility index (Phi) is 4.16. The van der Waals surface area contributed by atoms with Crippen molar-refractivity contribution in [2.75, 3.05) is 0 Å². The lowest BCUT2D eigenvalue weighted by atomic mass is 10.2. The summed E-state index contributed by atoms with van der Waals surface area (Å²) >= 11 is 5.98. The molecule has 23 heavy (non-hydrogen) atoms. The second kappa shape index (κ2) is 6.41. The summed E-state index contributed by atoms with van der Waals surface area (Å²) in [6, 6.07) is 13.8. The maximum absolute atomic E-state index is 12.0.